The average Bonchev–Trinajstić information content (AvgIpc) is 2.38. The molecular formula is C10H18ClN3. The van der Waals surface area contributed by atoms with Gasteiger partial charge in [0.2, 0.25) is 0 Å². The topological polar surface area (TPSA) is 29.9 Å². The third-order valence-electron chi connectivity index (χ3n) is 2.28. The maximum absolute atomic E-state index is 6.12. The molecule has 0 aliphatic heterocycles. The Kier molecular flexibility index (Phi) is 4.42. The summed E-state index contributed by atoms with van der Waals surface area (Å²) in [7, 11) is 1.95. The quantitative estimate of drug-likeness (QED) is 0.761. The van der Waals surface area contributed by atoms with Crippen LogP contribution >= 0.6 is 11.6 Å². The third kappa shape index (κ3) is 2.72. The van der Waals surface area contributed by atoms with Crippen molar-refractivity contribution in [1.29, 1.82) is 0 Å². The predicted octanol–water partition coefficient (Wildman–Crippen LogP) is 1.92. The Morgan fingerprint density at radius 1 is 1.50 bits per heavy atom. The van der Waals surface area contributed by atoms with Gasteiger partial charge in [-0.05, 0) is 32.9 Å². The van der Waals surface area contributed by atoms with Gasteiger partial charge >= 0.3 is 0 Å². The minimum atomic E-state index is 0.823. The van der Waals surface area contributed by atoms with E-state index in [0.717, 1.165) is 42.3 Å². The van der Waals surface area contributed by atoms with Crippen LogP contribution in [0, 0.1) is 6.92 Å². The number of nitrogens with zero attached hydrogens (tertiary/aromatic N) is 2. The highest BCUT2D eigenvalue weighted by Crippen LogP contribution is 2.20. The van der Waals surface area contributed by atoms with Gasteiger partial charge in [0.1, 0.15) is 0 Å². The van der Waals surface area contributed by atoms with E-state index in [1.807, 2.05) is 18.7 Å². The van der Waals surface area contributed by atoms with Crippen LogP contribution in [-0.2, 0) is 13.5 Å². The first kappa shape index (κ1) is 11.5. The Hall–Kier alpha value is -0.540. The number of hydrogen-bond donors (Lipinski definition) is 1. The molecule has 0 aliphatic carbocycles. The summed E-state index contributed by atoms with van der Waals surface area (Å²) in [6.45, 7) is 6.12. The number of nitrogens with one attached hydrogen (secondary N) is 1. The average molecular weight is 216 g/mol. The summed E-state index contributed by atoms with van der Waals surface area (Å²) in [6.07, 6.45) is 2.09. The lowest BCUT2D eigenvalue weighted by atomic mass is 10.2. The molecule has 4 heteroatoms. The summed E-state index contributed by atoms with van der Waals surface area (Å²) in [5.74, 6) is 0. The maximum Gasteiger partial charge on any atom is 0.0846 e. The number of hydrogen-bond acceptors (Lipinski definition) is 2. The molecule has 0 saturated carbocycles. The lowest BCUT2D eigenvalue weighted by molar-refractivity contribution is 0.636. The summed E-state index contributed by atoms with van der Waals surface area (Å²) < 4.78 is 1.88. The predicted molar refractivity (Wildman–Crippen MR) is 59.8 cm³/mol. The van der Waals surface area contributed by atoms with Crippen molar-refractivity contribution < 1.29 is 0 Å². The molecule has 3 nitrogen and oxygen atoms in total. The summed E-state index contributed by atoms with van der Waals surface area (Å²) in [5, 5.41) is 8.39. The number of rotatable bonds is 5. The molecule has 0 fully saturated rings. The van der Waals surface area contributed by atoms with E-state index in [1.54, 1.807) is 0 Å². The lowest BCUT2D eigenvalue weighted by Crippen LogP contribution is -2.15. The Bertz CT molecular complexity index is 294. The Labute approximate surface area is 90.4 Å². The number of aromatic nitrogens is 2. The zero-order chi connectivity index (χ0) is 10.6. The van der Waals surface area contributed by atoms with Crippen molar-refractivity contribution in [1.82, 2.24) is 15.1 Å². The fourth-order valence-corrected chi connectivity index (χ4v) is 1.76. The monoisotopic (exact) mass is 215 g/mol. The molecule has 1 rings (SSSR count). The summed E-state index contributed by atoms with van der Waals surface area (Å²) in [4.78, 5) is 0. The SMILES string of the molecule is CCNCCCc1c(Cl)c(C)nn1C. The molecule has 0 amide bonds. The maximum atomic E-state index is 6.12. The molecule has 0 spiro atoms. The van der Waals surface area contributed by atoms with Crippen molar-refractivity contribution in [3.63, 3.8) is 0 Å². The van der Waals surface area contributed by atoms with E-state index >= 15 is 0 Å². The van der Waals surface area contributed by atoms with Gasteiger partial charge in [-0.25, -0.2) is 0 Å². The van der Waals surface area contributed by atoms with Crippen LogP contribution in [-0.4, -0.2) is 22.9 Å². The van der Waals surface area contributed by atoms with Gasteiger partial charge in [-0.3, -0.25) is 4.68 Å². The van der Waals surface area contributed by atoms with E-state index in [1.165, 1.54) is 0 Å². The molecular weight excluding hydrogens is 198 g/mol. The zero-order valence-corrected chi connectivity index (χ0v) is 9.86. The Balaban J connectivity index is 2.49. The van der Waals surface area contributed by atoms with E-state index in [4.69, 9.17) is 11.6 Å². The molecule has 1 N–H and O–H groups in total. The van der Waals surface area contributed by atoms with Gasteiger partial charge in [-0.2, -0.15) is 5.10 Å². The number of halogens is 1. The molecule has 0 radical (unpaired) electrons. The summed E-state index contributed by atoms with van der Waals surface area (Å²) >= 11 is 6.12. The zero-order valence-electron chi connectivity index (χ0n) is 9.10. The van der Waals surface area contributed by atoms with Crippen molar-refractivity contribution in [3.8, 4) is 0 Å². The molecule has 80 valence electrons. The standard InChI is InChI=1S/C10H18ClN3/c1-4-12-7-5-6-9-10(11)8(2)13-14(9)3/h12H,4-7H2,1-3H3. The minimum absolute atomic E-state index is 0.823. The summed E-state index contributed by atoms with van der Waals surface area (Å²) in [6, 6.07) is 0. The molecule has 1 heterocycles. The van der Waals surface area contributed by atoms with E-state index < -0.39 is 0 Å². The second-order valence-electron chi connectivity index (χ2n) is 3.43. The Morgan fingerprint density at radius 2 is 2.21 bits per heavy atom. The van der Waals surface area contributed by atoms with Crippen molar-refractivity contribution in [2.24, 2.45) is 7.05 Å². The van der Waals surface area contributed by atoms with Gasteiger partial charge in [0, 0.05) is 7.05 Å². The van der Waals surface area contributed by atoms with Crippen molar-refractivity contribution in [2.45, 2.75) is 26.7 Å². The molecule has 14 heavy (non-hydrogen) atoms. The Morgan fingerprint density at radius 3 is 2.71 bits per heavy atom. The largest absolute Gasteiger partial charge is 0.317 e. The first-order valence-corrected chi connectivity index (χ1v) is 5.43. The first-order valence-electron chi connectivity index (χ1n) is 5.05. The lowest BCUT2D eigenvalue weighted by Gasteiger charge is -2.03. The smallest absolute Gasteiger partial charge is 0.0846 e. The van der Waals surface area contributed by atoms with Gasteiger partial charge in [-0.15, -0.1) is 0 Å². The van der Waals surface area contributed by atoms with Crippen molar-refractivity contribution in [2.75, 3.05) is 13.1 Å². The molecule has 0 saturated heterocycles. The molecule has 0 aromatic carbocycles. The van der Waals surface area contributed by atoms with Gasteiger partial charge in [0.25, 0.3) is 0 Å². The normalized spacial score (nSPS) is 10.9. The fourth-order valence-electron chi connectivity index (χ4n) is 1.51. The van der Waals surface area contributed by atoms with Crippen molar-refractivity contribution >= 4 is 11.6 Å². The van der Waals surface area contributed by atoms with Crippen LogP contribution in [0.1, 0.15) is 24.7 Å². The van der Waals surface area contributed by atoms with E-state index in [0.29, 0.717) is 0 Å². The van der Waals surface area contributed by atoms with Gasteiger partial charge in [-0.1, -0.05) is 18.5 Å². The first-order chi connectivity index (χ1) is 6.66. The third-order valence-corrected chi connectivity index (χ3v) is 2.77. The molecule has 0 aliphatic rings. The molecule has 0 bridgehead atoms. The van der Waals surface area contributed by atoms with Crippen molar-refractivity contribution in [3.05, 3.63) is 16.4 Å². The highest BCUT2D eigenvalue weighted by atomic mass is 35.5. The molecule has 1 aromatic heterocycles. The van der Waals surface area contributed by atoms with Crippen LogP contribution < -0.4 is 5.32 Å². The van der Waals surface area contributed by atoms with E-state index in [9.17, 15) is 0 Å². The summed E-state index contributed by atoms with van der Waals surface area (Å²) in [5.41, 5.74) is 2.06. The van der Waals surface area contributed by atoms with E-state index in [-0.39, 0.29) is 0 Å². The highest BCUT2D eigenvalue weighted by Gasteiger charge is 2.09. The van der Waals surface area contributed by atoms with Crippen LogP contribution in [0.5, 0.6) is 0 Å². The van der Waals surface area contributed by atoms with Crippen LogP contribution in [0.2, 0.25) is 5.02 Å². The highest BCUT2D eigenvalue weighted by molar-refractivity contribution is 6.31. The minimum Gasteiger partial charge on any atom is -0.317 e. The van der Waals surface area contributed by atoms with E-state index in [2.05, 4.69) is 17.3 Å². The van der Waals surface area contributed by atoms with Crippen LogP contribution in [0.4, 0.5) is 0 Å². The van der Waals surface area contributed by atoms with Crippen LogP contribution in [0.3, 0.4) is 0 Å². The van der Waals surface area contributed by atoms with Crippen LogP contribution in [0.15, 0.2) is 0 Å². The van der Waals surface area contributed by atoms with Gasteiger partial charge < -0.3 is 5.32 Å². The molecule has 0 atom stereocenters. The molecule has 1 aromatic rings. The van der Waals surface area contributed by atoms with Crippen LogP contribution in [0.25, 0.3) is 0 Å². The molecule has 0 unspecified atom stereocenters. The number of aryl methyl sites for hydroxylation is 2. The second kappa shape index (κ2) is 5.37. The second-order valence-corrected chi connectivity index (χ2v) is 3.80. The fraction of sp³-hybridized carbons (Fsp3) is 0.700. The van der Waals surface area contributed by atoms with Gasteiger partial charge in [0.05, 0.1) is 16.4 Å². The van der Waals surface area contributed by atoms with Gasteiger partial charge in [0.15, 0.2) is 0 Å².